The summed E-state index contributed by atoms with van der Waals surface area (Å²) in [7, 11) is 0. The van der Waals surface area contributed by atoms with Gasteiger partial charge in [-0.2, -0.15) is 0 Å². The molecule has 3 rings (SSSR count). The van der Waals surface area contributed by atoms with Gasteiger partial charge in [0.25, 0.3) is 0 Å². The van der Waals surface area contributed by atoms with Crippen LogP contribution in [-0.4, -0.2) is 28.9 Å². The molecule has 7 heteroatoms. The maximum absolute atomic E-state index is 6.02. The van der Waals surface area contributed by atoms with E-state index < -0.39 is 0 Å². The van der Waals surface area contributed by atoms with Crippen LogP contribution in [0.2, 0.25) is 5.02 Å². The van der Waals surface area contributed by atoms with E-state index in [-0.39, 0.29) is 6.04 Å². The first kappa shape index (κ1) is 19.2. The van der Waals surface area contributed by atoms with Gasteiger partial charge in [-0.1, -0.05) is 48.1 Å². The highest BCUT2D eigenvalue weighted by Crippen LogP contribution is 2.15. The first-order chi connectivity index (χ1) is 13.2. The van der Waals surface area contributed by atoms with Gasteiger partial charge in [0.1, 0.15) is 11.3 Å². The number of aliphatic imine (C=N–C) groups is 1. The minimum absolute atomic E-state index is 0.0421. The number of hydrazine groups is 1. The van der Waals surface area contributed by atoms with Crippen molar-refractivity contribution in [3.05, 3.63) is 77.1 Å². The van der Waals surface area contributed by atoms with Crippen LogP contribution in [0.5, 0.6) is 0 Å². The number of hydrogen-bond donors (Lipinski definition) is 3. The summed E-state index contributed by atoms with van der Waals surface area (Å²) in [5, 5.41) is 2.87. The average Bonchev–Trinajstić information content (AvgIpc) is 2.69. The Balaban J connectivity index is 1.54. The molecule has 1 unspecified atom stereocenters. The Morgan fingerprint density at radius 3 is 2.93 bits per heavy atom. The molecule has 0 saturated heterocycles. The molecule has 1 aromatic heterocycles. The molecular weight excluding hydrogens is 378 g/mol. The molecule has 0 saturated carbocycles. The zero-order valence-corrected chi connectivity index (χ0v) is 16.2. The number of thiocarbonyl (C=S) groups is 1. The van der Waals surface area contributed by atoms with Crippen LogP contribution in [0.15, 0.2) is 65.9 Å². The van der Waals surface area contributed by atoms with Crippen molar-refractivity contribution >= 4 is 45.9 Å². The van der Waals surface area contributed by atoms with E-state index in [9.17, 15) is 0 Å². The van der Waals surface area contributed by atoms with Gasteiger partial charge in [-0.15, -0.1) is 0 Å². The topological polar surface area (TPSA) is 75.3 Å². The van der Waals surface area contributed by atoms with Crippen molar-refractivity contribution < 1.29 is 0 Å². The predicted molar refractivity (Wildman–Crippen MR) is 116 cm³/mol. The van der Waals surface area contributed by atoms with Gasteiger partial charge in [0.2, 0.25) is 0 Å². The zero-order valence-electron chi connectivity index (χ0n) is 14.6. The fourth-order valence-corrected chi connectivity index (χ4v) is 3.07. The first-order valence-electron chi connectivity index (χ1n) is 8.51. The van der Waals surface area contributed by atoms with Crippen LogP contribution in [0.4, 0.5) is 0 Å². The minimum Gasteiger partial charge on any atom is -0.328 e. The van der Waals surface area contributed by atoms with Crippen LogP contribution in [0.25, 0.3) is 10.8 Å². The molecule has 0 spiro atoms. The van der Waals surface area contributed by atoms with Gasteiger partial charge in [-0.3, -0.25) is 20.8 Å². The summed E-state index contributed by atoms with van der Waals surface area (Å²) in [6, 6.07) is 15.6. The van der Waals surface area contributed by atoms with E-state index in [2.05, 4.69) is 20.8 Å². The Morgan fingerprint density at radius 1 is 1.22 bits per heavy atom. The summed E-state index contributed by atoms with van der Waals surface area (Å²) < 4.78 is 0. The van der Waals surface area contributed by atoms with Crippen molar-refractivity contribution in [2.24, 2.45) is 10.7 Å². The maximum Gasteiger partial charge on any atom is 0.125 e. The highest BCUT2D eigenvalue weighted by atomic mass is 35.5. The van der Waals surface area contributed by atoms with Crippen LogP contribution >= 0.6 is 23.8 Å². The lowest BCUT2D eigenvalue weighted by atomic mass is 10.1. The van der Waals surface area contributed by atoms with Crippen molar-refractivity contribution in [1.82, 2.24) is 15.8 Å². The summed E-state index contributed by atoms with van der Waals surface area (Å²) in [6.07, 6.45) is 5.89. The predicted octanol–water partition coefficient (Wildman–Crippen LogP) is 3.26. The molecule has 0 aliphatic heterocycles. The molecular formula is C20H20ClN5S. The summed E-state index contributed by atoms with van der Waals surface area (Å²) in [6.45, 7) is 0.438. The summed E-state index contributed by atoms with van der Waals surface area (Å²) in [5.74, 6) is 0. The van der Waals surface area contributed by atoms with Gasteiger partial charge < -0.3 is 5.73 Å². The van der Waals surface area contributed by atoms with Crippen LogP contribution in [0.3, 0.4) is 0 Å². The Hall–Kier alpha value is -2.54. The van der Waals surface area contributed by atoms with Crippen LogP contribution in [0, 0.1) is 0 Å². The number of pyridine rings is 1. The number of nitrogens with zero attached hydrogens (tertiary/aromatic N) is 2. The summed E-state index contributed by atoms with van der Waals surface area (Å²) in [5.41, 5.74) is 13.7. The molecule has 5 nitrogen and oxygen atoms in total. The fraction of sp³-hybridized carbons (Fsp3) is 0.150. The standard InChI is InChI=1S/C20H20ClN5S/c21-18-3-1-2-14(8-18)9-19(11-22)24-13-25-26-20(27)16-4-5-17-12-23-7-6-15(17)10-16/h1-8,10,12-13,19H,9,11,22H2,(H,24,25)(H,26,27). The number of hydrogen-bond acceptors (Lipinski definition) is 4. The van der Waals surface area contributed by atoms with E-state index in [0.29, 0.717) is 16.6 Å². The average molecular weight is 398 g/mol. The summed E-state index contributed by atoms with van der Waals surface area (Å²) in [4.78, 5) is 9.14. The Kier molecular flexibility index (Phi) is 6.70. The lowest BCUT2D eigenvalue weighted by molar-refractivity contribution is 0.677. The molecule has 3 aromatic rings. The maximum atomic E-state index is 6.02. The number of nitrogens with two attached hydrogens (primary N) is 1. The Labute approximate surface area is 168 Å². The monoisotopic (exact) mass is 397 g/mol. The Bertz CT molecular complexity index is 960. The van der Waals surface area contributed by atoms with Gasteiger partial charge in [-0.05, 0) is 41.6 Å². The number of fused-ring (bicyclic) bond motifs is 1. The van der Waals surface area contributed by atoms with Gasteiger partial charge >= 0.3 is 0 Å². The molecule has 0 amide bonds. The zero-order chi connectivity index (χ0) is 19.1. The van der Waals surface area contributed by atoms with E-state index in [1.807, 2.05) is 54.7 Å². The second-order valence-electron chi connectivity index (χ2n) is 6.04. The molecule has 138 valence electrons. The third-order valence-electron chi connectivity index (χ3n) is 4.07. The molecule has 0 aliphatic carbocycles. The van der Waals surface area contributed by atoms with Crippen LogP contribution in [-0.2, 0) is 6.42 Å². The van der Waals surface area contributed by atoms with Crippen molar-refractivity contribution in [3.8, 4) is 0 Å². The van der Waals surface area contributed by atoms with Gasteiger partial charge in [0, 0.05) is 34.9 Å². The normalized spacial score (nSPS) is 12.2. The fourth-order valence-electron chi connectivity index (χ4n) is 2.67. The van der Waals surface area contributed by atoms with Gasteiger partial charge in [0.05, 0.1) is 6.04 Å². The first-order valence-corrected chi connectivity index (χ1v) is 9.30. The van der Waals surface area contributed by atoms with Crippen molar-refractivity contribution in [3.63, 3.8) is 0 Å². The molecule has 4 N–H and O–H groups in total. The van der Waals surface area contributed by atoms with Crippen LogP contribution < -0.4 is 16.6 Å². The highest BCUT2D eigenvalue weighted by Gasteiger charge is 2.06. The number of benzene rings is 2. The molecule has 2 aromatic carbocycles. The Morgan fingerprint density at radius 2 is 2.11 bits per heavy atom. The number of halogens is 1. The third-order valence-corrected chi connectivity index (χ3v) is 4.64. The smallest absolute Gasteiger partial charge is 0.125 e. The van der Waals surface area contributed by atoms with Crippen LogP contribution in [0.1, 0.15) is 11.1 Å². The van der Waals surface area contributed by atoms with Crippen molar-refractivity contribution in [2.45, 2.75) is 12.5 Å². The lowest BCUT2D eigenvalue weighted by Gasteiger charge is -2.11. The molecule has 27 heavy (non-hydrogen) atoms. The quantitative estimate of drug-likeness (QED) is 0.247. The lowest BCUT2D eigenvalue weighted by Crippen LogP contribution is -2.36. The highest BCUT2D eigenvalue weighted by molar-refractivity contribution is 7.80. The largest absolute Gasteiger partial charge is 0.328 e. The molecule has 1 heterocycles. The second kappa shape index (κ2) is 9.41. The van der Waals surface area contributed by atoms with E-state index >= 15 is 0 Å². The van der Waals surface area contributed by atoms with Crippen molar-refractivity contribution in [2.75, 3.05) is 6.54 Å². The SMILES string of the molecule is NCC(Cc1cccc(Cl)c1)N=CNNC(=S)c1ccc2cnccc2c1. The molecule has 0 fully saturated rings. The van der Waals surface area contributed by atoms with Crippen molar-refractivity contribution in [1.29, 1.82) is 0 Å². The van der Waals surface area contributed by atoms with E-state index in [0.717, 1.165) is 28.3 Å². The minimum atomic E-state index is -0.0421. The molecule has 0 bridgehead atoms. The molecule has 0 aliphatic rings. The summed E-state index contributed by atoms with van der Waals surface area (Å²) >= 11 is 11.4. The van der Waals surface area contributed by atoms with E-state index in [1.54, 1.807) is 12.5 Å². The second-order valence-corrected chi connectivity index (χ2v) is 6.88. The van der Waals surface area contributed by atoms with E-state index in [1.165, 1.54) is 0 Å². The number of nitrogens with one attached hydrogen (secondary N) is 2. The third kappa shape index (κ3) is 5.47. The number of rotatable bonds is 7. The van der Waals surface area contributed by atoms with E-state index in [4.69, 9.17) is 29.6 Å². The van der Waals surface area contributed by atoms with Gasteiger partial charge in [-0.25, -0.2) is 0 Å². The number of aromatic nitrogens is 1. The van der Waals surface area contributed by atoms with Gasteiger partial charge in [0.15, 0.2) is 0 Å². The molecule has 0 radical (unpaired) electrons. The molecule has 1 atom stereocenters.